The molecule has 198 valence electrons. The molecule has 0 aromatic heterocycles. The van der Waals surface area contributed by atoms with Gasteiger partial charge < -0.3 is 16.0 Å². The Morgan fingerprint density at radius 2 is 1.66 bits per heavy atom. The molecule has 0 saturated heterocycles. The number of primary amides is 1. The largest absolute Gasteiger partial charge is 0.351 e. The number of nitrogens with zero attached hydrogens (tertiary/aromatic N) is 2. The predicted octanol–water partition coefficient (Wildman–Crippen LogP) is 5.04. The minimum Gasteiger partial charge on any atom is -0.351 e. The number of nitrogens with one attached hydrogen (secondary N) is 1. The second-order valence-electron chi connectivity index (χ2n) is 11.0. The highest BCUT2D eigenvalue weighted by molar-refractivity contribution is 6.08. The van der Waals surface area contributed by atoms with Crippen molar-refractivity contribution in [2.45, 2.75) is 58.5 Å². The van der Waals surface area contributed by atoms with Crippen molar-refractivity contribution >= 4 is 29.2 Å². The summed E-state index contributed by atoms with van der Waals surface area (Å²) in [4.78, 5) is 43.3. The van der Waals surface area contributed by atoms with E-state index in [2.05, 4.69) is 17.4 Å². The lowest BCUT2D eigenvalue weighted by Gasteiger charge is -2.33. The second kappa shape index (κ2) is 10.7. The summed E-state index contributed by atoms with van der Waals surface area (Å²) < 4.78 is 0. The van der Waals surface area contributed by atoms with Gasteiger partial charge in [-0.3, -0.25) is 14.5 Å². The molecule has 1 aliphatic rings. The summed E-state index contributed by atoms with van der Waals surface area (Å²) in [5.74, 6) is -0.839. The zero-order valence-electron chi connectivity index (χ0n) is 22.7. The molecule has 3 aromatic carbocycles. The van der Waals surface area contributed by atoms with Crippen LogP contribution in [0.3, 0.4) is 0 Å². The zero-order valence-corrected chi connectivity index (χ0v) is 22.7. The maximum Gasteiger partial charge on any atom is 0.320 e. The van der Waals surface area contributed by atoms with Gasteiger partial charge in [0.2, 0.25) is 5.91 Å². The molecule has 2 unspecified atom stereocenters. The van der Waals surface area contributed by atoms with E-state index in [1.807, 2.05) is 89.2 Å². The van der Waals surface area contributed by atoms with Gasteiger partial charge >= 0.3 is 6.03 Å². The normalized spacial score (nSPS) is 17.4. The quantitative estimate of drug-likeness (QED) is 0.501. The maximum absolute atomic E-state index is 14.3. The highest BCUT2D eigenvalue weighted by atomic mass is 16.2. The lowest BCUT2D eigenvalue weighted by Crippen LogP contribution is -2.55. The number of hydrogen-bond acceptors (Lipinski definition) is 3. The number of rotatable bonds is 5. The van der Waals surface area contributed by atoms with Crippen LogP contribution in [0.2, 0.25) is 0 Å². The van der Waals surface area contributed by atoms with Gasteiger partial charge in [0.05, 0.1) is 0 Å². The van der Waals surface area contributed by atoms with Crippen molar-refractivity contribution in [2.75, 3.05) is 16.3 Å². The Balaban J connectivity index is 1.88. The summed E-state index contributed by atoms with van der Waals surface area (Å²) >= 11 is 0. The molecule has 38 heavy (non-hydrogen) atoms. The Hall–Kier alpha value is -4.13. The van der Waals surface area contributed by atoms with Gasteiger partial charge in [-0.25, -0.2) is 4.79 Å². The van der Waals surface area contributed by atoms with E-state index in [1.165, 1.54) is 9.80 Å². The molecule has 4 amide bonds. The maximum atomic E-state index is 14.3. The number of benzene rings is 3. The molecule has 0 spiro atoms. The molecular weight excluding hydrogens is 476 g/mol. The van der Waals surface area contributed by atoms with E-state index in [9.17, 15) is 14.4 Å². The fourth-order valence-corrected chi connectivity index (χ4v) is 5.11. The van der Waals surface area contributed by atoms with Crippen LogP contribution < -0.4 is 20.9 Å². The molecule has 0 fully saturated rings. The highest BCUT2D eigenvalue weighted by Gasteiger charge is 2.41. The van der Waals surface area contributed by atoms with Crippen LogP contribution in [0.1, 0.15) is 55.4 Å². The standard InChI is InChI=1S/C31H36N4O3/c1-20-13-15-22(16-14-20)25-18-27(35(30(32)38)23-10-8-9-21(2)17-23)29(37)34(19-28(36)33-31(3,4)5)26-12-7-6-11-24(25)26/h6-17,25,27H,18-19H2,1-5H3,(H2,32,38)(H,33,36). The first kappa shape index (κ1) is 26.9. The third-order valence-corrected chi connectivity index (χ3v) is 6.74. The Morgan fingerprint density at radius 1 is 0.974 bits per heavy atom. The van der Waals surface area contributed by atoms with Crippen LogP contribution >= 0.6 is 0 Å². The van der Waals surface area contributed by atoms with Crippen LogP contribution in [-0.2, 0) is 9.59 Å². The number of hydrogen-bond donors (Lipinski definition) is 2. The number of urea groups is 1. The van der Waals surface area contributed by atoms with Gasteiger partial charge in [-0.05, 0) is 75.9 Å². The Labute approximate surface area is 224 Å². The molecule has 3 N–H and O–H groups in total. The first-order valence-corrected chi connectivity index (χ1v) is 12.9. The van der Waals surface area contributed by atoms with E-state index in [-0.39, 0.29) is 24.3 Å². The van der Waals surface area contributed by atoms with Crippen molar-refractivity contribution in [1.29, 1.82) is 0 Å². The van der Waals surface area contributed by atoms with Crippen molar-refractivity contribution in [1.82, 2.24) is 5.32 Å². The summed E-state index contributed by atoms with van der Waals surface area (Å²) in [5.41, 5.74) is 10.7. The van der Waals surface area contributed by atoms with Crippen LogP contribution in [0.25, 0.3) is 0 Å². The molecule has 0 aliphatic carbocycles. The van der Waals surface area contributed by atoms with Crippen LogP contribution in [0.5, 0.6) is 0 Å². The SMILES string of the molecule is Cc1ccc(C2CC(N(C(N)=O)c3cccc(C)c3)C(=O)N(CC(=O)NC(C)(C)C)c3ccccc32)cc1. The lowest BCUT2D eigenvalue weighted by atomic mass is 9.85. The average Bonchev–Trinajstić information content (AvgIpc) is 2.94. The van der Waals surface area contributed by atoms with Crippen LogP contribution in [0.4, 0.5) is 16.2 Å². The monoisotopic (exact) mass is 512 g/mol. The number of carbonyl (C=O) groups is 3. The van der Waals surface area contributed by atoms with E-state index in [0.717, 1.165) is 22.3 Å². The minimum atomic E-state index is -0.921. The first-order valence-electron chi connectivity index (χ1n) is 12.9. The average molecular weight is 513 g/mol. The second-order valence-corrected chi connectivity index (χ2v) is 11.0. The Bertz CT molecular complexity index is 1340. The molecule has 2 atom stereocenters. The summed E-state index contributed by atoms with van der Waals surface area (Å²) in [6.45, 7) is 9.46. The van der Waals surface area contributed by atoms with Crippen molar-refractivity contribution in [3.8, 4) is 0 Å². The summed E-state index contributed by atoms with van der Waals surface area (Å²) in [7, 11) is 0. The molecule has 0 radical (unpaired) electrons. The molecule has 0 saturated carbocycles. The van der Waals surface area contributed by atoms with Gasteiger partial charge in [-0.2, -0.15) is 0 Å². The molecular formula is C31H36N4O3. The fourth-order valence-electron chi connectivity index (χ4n) is 5.11. The number of para-hydroxylation sites is 1. The number of anilines is 2. The van der Waals surface area contributed by atoms with Gasteiger partial charge in [0.25, 0.3) is 5.91 Å². The van der Waals surface area contributed by atoms with Crippen molar-refractivity contribution in [3.05, 3.63) is 95.1 Å². The molecule has 3 aromatic rings. The topological polar surface area (TPSA) is 95.7 Å². The number of aryl methyl sites for hydroxylation is 2. The molecule has 4 rings (SSSR count). The van der Waals surface area contributed by atoms with Crippen molar-refractivity contribution in [2.24, 2.45) is 5.73 Å². The van der Waals surface area contributed by atoms with Crippen molar-refractivity contribution in [3.63, 3.8) is 0 Å². The van der Waals surface area contributed by atoms with E-state index in [4.69, 9.17) is 5.73 Å². The van der Waals surface area contributed by atoms with Crippen LogP contribution in [-0.4, -0.2) is 36.0 Å². The van der Waals surface area contributed by atoms with Crippen LogP contribution in [0.15, 0.2) is 72.8 Å². The van der Waals surface area contributed by atoms with E-state index >= 15 is 0 Å². The Kier molecular flexibility index (Phi) is 7.58. The third-order valence-electron chi connectivity index (χ3n) is 6.74. The smallest absolute Gasteiger partial charge is 0.320 e. The Morgan fingerprint density at radius 3 is 2.29 bits per heavy atom. The van der Waals surface area contributed by atoms with Gasteiger partial charge in [-0.1, -0.05) is 60.2 Å². The van der Waals surface area contributed by atoms with Crippen LogP contribution in [0, 0.1) is 13.8 Å². The first-order chi connectivity index (χ1) is 17.9. The molecule has 0 bridgehead atoms. The number of nitrogens with two attached hydrogens (primary N) is 1. The molecule has 7 nitrogen and oxygen atoms in total. The summed E-state index contributed by atoms with van der Waals surface area (Å²) in [5, 5.41) is 2.96. The van der Waals surface area contributed by atoms with Gasteiger partial charge in [0, 0.05) is 22.8 Å². The predicted molar refractivity (Wildman–Crippen MR) is 151 cm³/mol. The summed E-state index contributed by atoms with van der Waals surface area (Å²) in [6, 6.07) is 21.6. The third kappa shape index (κ3) is 5.88. The zero-order chi connectivity index (χ0) is 27.6. The lowest BCUT2D eigenvalue weighted by molar-refractivity contribution is -0.125. The fraction of sp³-hybridized carbons (Fsp3) is 0.323. The van der Waals surface area contributed by atoms with Gasteiger partial charge in [0.1, 0.15) is 12.6 Å². The molecule has 1 aliphatic heterocycles. The van der Waals surface area contributed by atoms with E-state index in [0.29, 0.717) is 17.8 Å². The minimum absolute atomic E-state index is 0.176. The number of amides is 4. The summed E-state index contributed by atoms with van der Waals surface area (Å²) in [6.07, 6.45) is 0.313. The van der Waals surface area contributed by atoms with E-state index < -0.39 is 17.6 Å². The number of carbonyl (C=O) groups excluding carboxylic acids is 3. The number of fused-ring (bicyclic) bond motifs is 1. The molecule has 1 heterocycles. The highest BCUT2D eigenvalue weighted by Crippen LogP contribution is 2.41. The van der Waals surface area contributed by atoms with Gasteiger partial charge in [-0.15, -0.1) is 0 Å². The van der Waals surface area contributed by atoms with Crippen molar-refractivity contribution < 1.29 is 14.4 Å². The van der Waals surface area contributed by atoms with E-state index in [1.54, 1.807) is 6.07 Å². The van der Waals surface area contributed by atoms with Gasteiger partial charge in [0.15, 0.2) is 0 Å². The molecule has 7 heteroatoms.